The number of hydrogen-bond acceptors (Lipinski definition) is 2. The van der Waals surface area contributed by atoms with Crippen molar-refractivity contribution in [2.24, 2.45) is 7.05 Å². The predicted molar refractivity (Wildman–Crippen MR) is 80.1 cm³/mol. The Labute approximate surface area is 118 Å². The third-order valence-electron chi connectivity index (χ3n) is 3.44. The average molecular weight is 267 g/mol. The fourth-order valence-electron chi connectivity index (χ4n) is 2.44. The molecule has 3 aromatic rings. The molecule has 0 aliphatic heterocycles. The summed E-state index contributed by atoms with van der Waals surface area (Å²) in [7, 11) is 1.97. The molecule has 3 nitrogen and oxygen atoms in total. The van der Waals surface area contributed by atoms with Crippen molar-refractivity contribution < 1.29 is 9.84 Å². The molecule has 0 saturated carbocycles. The molecule has 0 spiro atoms. The molecule has 0 fully saturated rings. The van der Waals surface area contributed by atoms with Crippen LogP contribution in [0.2, 0.25) is 0 Å². The Morgan fingerprint density at radius 1 is 1.15 bits per heavy atom. The highest BCUT2D eigenvalue weighted by molar-refractivity contribution is 5.85. The van der Waals surface area contributed by atoms with Gasteiger partial charge in [0.1, 0.15) is 18.1 Å². The number of phenols is 1. The van der Waals surface area contributed by atoms with Gasteiger partial charge in [-0.1, -0.05) is 12.1 Å². The molecule has 0 atom stereocenters. The van der Waals surface area contributed by atoms with E-state index in [1.807, 2.05) is 55.1 Å². The van der Waals surface area contributed by atoms with E-state index in [9.17, 15) is 5.11 Å². The number of benzene rings is 2. The van der Waals surface area contributed by atoms with Gasteiger partial charge in [0, 0.05) is 30.3 Å². The monoisotopic (exact) mass is 267 g/mol. The van der Waals surface area contributed by atoms with Crippen molar-refractivity contribution in [1.29, 1.82) is 0 Å². The van der Waals surface area contributed by atoms with E-state index >= 15 is 0 Å². The molecule has 0 amide bonds. The maximum Gasteiger partial charge on any atom is 0.120 e. The zero-order valence-corrected chi connectivity index (χ0v) is 11.6. The van der Waals surface area contributed by atoms with Gasteiger partial charge in [0.15, 0.2) is 0 Å². The first-order valence-corrected chi connectivity index (χ1v) is 6.60. The largest absolute Gasteiger partial charge is 0.508 e. The van der Waals surface area contributed by atoms with Crippen molar-refractivity contribution in [3.05, 3.63) is 59.8 Å². The van der Waals surface area contributed by atoms with Gasteiger partial charge in [-0.25, -0.2) is 0 Å². The summed E-state index contributed by atoms with van der Waals surface area (Å²) < 4.78 is 7.85. The topological polar surface area (TPSA) is 34.4 Å². The number of rotatable bonds is 3. The Bertz CT molecular complexity index is 759. The second-order valence-electron chi connectivity index (χ2n) is 5.07. The second-order valence-corrected chi connectivity index (χ2v) is 5.07. The summed E-state index contributed by atoms with van der Waals surface area (Å²) in [5.41, 5.74) is 3.31. The van der Waals surface area contributed by atoms with Gasteiger partial charge in [-0.3, -0.25) is 0 Å². The average Bonchev–Trinajstić information content (AvgIpc) is 2.73. The summed E-state index contributed by atoms with van der Waals surface area (Å²) in [6.45, 7) is 2.57. The van der Waals surface area contributed by atoms with Crippen molar-refractivity contribution in [1.82, 2.24) is 4.57 Å². The van der Waals surface area contributed by atoms with Gasteiger partial charge in [0.05, 0.1) is 5.52 Å². The van der Waals surface area contributed by atoms with Crippen LogP contribution in [0.3, 0.4) is 0 Å². The van der Waals surface area contributed by atoms with Crippen LogP contribution in [0.5, 0.6) is 11.5 Å². The van der Waals surface area contributed by atoms with Crippen molar-refractivity contribution in [3.63, 3.8) is 0 Å². The quantitative estimate of drug-likeness (QED) is 0.783. The highest BCUT2D eigenvalue weighted by Crippen LogP contribution is 2.25. The van der Waals surface area contributed by atoms with E-state index in [0.29, 0.717) is 6.61 Å². The molecule has 2 aromatic carbocycles. The smallest absolute Gasteiger partial charge is 0.120 e. The predicted octanol–water partition coefficient (Wildman–Crippen LogP) is 3.77. The fourth-order valence-corrected chi connectivity index (χ4v) is 2.44. The SMILES string of the molecule is Cc1cccc(OCc2cn(C)c3cc(O)ccc23)c1. The summed E-state index contributed by atoms with van der Waals surface area (Å²) in [6, 6.07) is 13.4. The number of fused-ring (bicyclic) bond motifs is 1. The van der Waals surface area contributed by atoms with Crippen LogP contribution >= 0.6 is 0 Å². The Morgan fingerprint density at radius 3 is 2.80 bits per heavy atom. The van der Waals surface area contributed by atoms with E-state index in [4.69, 9.17) is 4.74 Å². The minimum absolute atomic E-state index is 0.282. The maximum atomic E-state index is 9.56. The Balaban J connectivity index is 1.88. The van der Waals surface area contributed by atoms with Gasteiger partial charge in [0.25, 0.3) is 0 Å². The summed E-state index contributed by atoms with van der Waals surface area (Å²) in [4.78, 5) is 0. The van der Waals surface area contributed by atoms with Crippen molar-refractivity contribution >= 4 is 10.9 Å². The standard InChI is InChI=1S/C17H17NO2/c1-12-4-3-5-15(8-12)20-11-13-10-18(2)17-9-14(19)6-7-16(13)17/h3-10,19H,11H2,1-2H3. The molecule has 0 unspecified atom stereocenters. The lowest BCUT2D eigenvalue weighted by Gasteiger charge is -2.06. The van der Waals surface area contributed by atoms with Crippen LogP contribution in [0.25, 0.3) is 10.9 Å². The summed E-state index contributed by atoms with van der Waals surface area (Å²) in [6.07, 6.45) is 2.04. The first kappa shape index (κ1) is 12.6. The number of hydrogen-bond donors (Lipinski definition) is 1. The number of aryl methyl sites for hydroxylation is 2. The summed E-state index contributed by atoms with van der Waals surface area (Å²) >= 11 is 0. The lowest BCUT2D eigenvalue weighted by atomic mass is 10.2. The van der Waals surface area contributed by atoms with E-state index in [0.717, 1.165) is 22.2 Å². The van der Waals surface area contributed by atoms with E-state index in [2.05, 4.69) is 0 Å². The Hall–Kier alpha value is -2.42. The maximum absolute atomic E-state index is 9.56. The van der Waals surface area contributed by atoms with E-state index in [1.165, 1.54) is 5.56 Å². The zero-order chi connectivity index (χ0) is 14.1. The van der Waals surface area contributed by atoms with Crippen molar-refractivity contribution in [3.8, 4) is 11.5 Å². The molecule has 1 aromatic heterocycles. The molecule has 20 heavy (non-hydrogen) atoms. The van der Waals surface area contributed by atoms with E-state index in [-0.39, 0.29) is 5.75 Å². The number of phenolic OH excluding ortho intramolecular Hbond substituents is 1. The molecule has 3 rings (SSSR count). The third kappa shape index (κ3) is 2.35. The van der Waals surface area contributed by atoms with Crippen LogP contribution < -0.4 is 4.74 Å². The van der Waals surface area contributed by atoms with Crippen LogP contribution in [-0.4, -0.2) is 9.67 Å². The molecule has 1 heterocycles. The molecule has 0 radical (unpaired) electrons. The van der Waals surface area contributed by atoms with Gasteiger partial charge in [-0.05, 0) is 36.8 Å². The van der Waals surface area contributed by atoms with Gasteiger partial charge in [-0.15, -0.1) is 0 Å². The van der Waals surface area contributed by atoms with Gasteiger partial charge >= 0.3 is 0 Å². The minimum Gasteiger partial charge on any atom is -0.508 e. The molecule has 0 aliphatic carbocycles. The molecule has 3 heteroatoms. The van der Waals surface area contributed by atoms with Crippen molar-refractivity contribution in [2.75, 3.05) is 0 Å². The van der Waals surface area contributed by atoms with Crippen LogP contribution in [0.4, 0.5) is 0 Å². The normalized spacial score (nSPS) is 10.9. The lowest BCUT2D eigenvalue weighted by Crippen LogP contribution is -1.94. The van der Waals surface area contributed by atoms with E-state index in [1.54, 1.807) is 12.1 Å². The molecule has 102 valence electrons. The summed E-state index contributed by atoms with van der Waals surface area (Å²) in [5, 5.41) is 10.7. The van der Waals surface area contributed by atoms with Gasteiger partial charge in [-0.2, -0.15) is 0 Å². The second kappa shape index (κ2) is 4.93. The van der Waals surface area contributed by atoms with Crippen LogP contribution in [0.15, 0.2) is 48.7 Å². The first-order valence-electron chi connectivity index (χ1n) is 6.60. The molecule has 0 bridgehead atoms. The zero-order valence-electron chi connectivity index (χ0n) is 11.6. The van der Waals surface area contributed by atoms with Crippen LogP contribution in [0.1, 0.15) is 11.1 Å². The molecular formula is C17H17NO2. The minimum atomic E-state index is 0.282. The number of aromatic hydroxyl groups is 1. The number of nitrogens with zero attached hydrogens (tertiary/aromatic N) is 1. The Kier molecular flexibility index (Phi) is 3.11. The first-order chi connectivity index (χ1) is 9.63. The highest BCUT2D eigenvalue weighted by Gasteiger charge is 2.08. The van der Waals surface area contributed by atoms with Gasteiger partial charge < -0.3 is 14.4 Å². The Morgan fingerprint density at radius 2 is 2.00 bits per heavy atom. The van der Waals surface area contributed by atoms with Crippen LogP contribution in [0, 0.1) is 6.92 Å². The molecule has 0 saturated heterocycles. The lowest BCUT2D eigenvalue weighted by molar-refractivity contribution is 0.307. The highest BCUT2D eigenvalue weighted by atomic mass is 16.5. The van der Waals surface area contributed by atoms with Crippen LogP contribution in [-0.2, 0) is 13.7 Å². The molecule has 0 aliphatic rings. The molecular weight excluding hydrogens is 250 g/mol. The summed E-state index contributed by atoms with van der Waals surface area (Å²) in [5.74, 6) is 1.16. The number of ether oxygens (including phenoxy) is 1. The fraction of sp³-hybridized carbons (Fsp3) is 0.176. The molecule has 1 N–H and O–H groups in total. The van der Waals surface area contributed by atoms with E-state index < -0.39 is 0 Å². The van der Waals surface area contributed by atoms with Gasteiger partial charge in [0.2, 0.25) is 0 Å². The third-order valence-corrected chi connectivity index (χ3v) is 3.44. The number of aromatic nitrogens is 1. The van der Waals surface area contributed by atoms with Crippen molar-refractivity contribution in [2.45, 2.75) is 13.5 Å².